The number of ether oxygens (including phenoxy) is 1. The number of carbonyl (C=O) groups excluding carboxylic acids is 3. The van der Waals surface area contributed by atoms with Gasteiger partial charge in [0.25, 0.3) is 11.8 Å². The van der Waals surface area contributed by atoms with Crippen LogP contribution in [0.15, 0.2) is 48.5 Å². The Morgan fingerprint density at radius 1 is 1.10 bits per heavy atom. The molecule has 0 unspecified atom stereocenters. The first kappa shape index (κ1) is 21.3. The lowest BCUT2D eigenvalue weighted by Crippen LogP contribution is -2.23. The number of fused-ring (bicyclic) bond motifs is 1. The van der Waals surface area contributed by atoms with Crippen molar-refractivity contribution in [3.8, 4) is 0 Å². The van der Waals surface area contributed by atoms with Gasteiger partial charge < -0.3 is 15.4 Å². The molecule has 1 heterocycles. The second kappa shape index (κ2) is 9.37. The number of halogens is 1. The van der Waals surface area contributed by atoms with Crippen molar-refractivity contribution in [3.05, 3.63) is 70.4 Å². The van der Waals surface area contributed by atoms with Gasteiger partial charge in [-0.1, -0.05) is 17.7 Å². The number of pyridine rings is 1. The summed E-state index contributed by atoms with van der Waals surface area (Å²) >= 11 is 6.00. The summed E-state index contributed by atoms with van der Waals surface area (Å²) in [7, 11) is 0. The highest BCUT2D eigenvalue weighted by molar-refractivity contribution is 6.31. The average Bonchev–Trinajstić information content (AvgIpc) is 2.72. The molecule has 0 bridgehead atoms. The summed E-state index contributed by atoms with van der Waals surface area (Å²) in [5.74, 6) is -1.42. The van der Waals surface area contributed by atoms with Crippen molar-refractivity contribution in [2.24, 2.45) is 0 Å². The van der Waals surface area contributed by atoms with E-state index in [0.29, 0.717) is 39.4 Å². The number of carbonyl (C=O) groups is 3. The predicted molar refractivity (Wildman–Crippen MR) is 115 cm³/mol. The Kier molecular flexibility index (Phi) is 6.64. The minimum atomic E-state index is -0.659. The molecule has 0 radical (unpaired) electrons. The molecule has 0 fully saturated rings. The first-order valence-corrected chi connectivity index (χ1v) is 9.67. The fourth-order valence-electron chi connectivity index (χ4n) is 2.86. The van der Waals surface area contributed by atoms with E-state index in [1.54, 1.807) is 55.5 Å². The highest BCUT2D eigenvalue weighted by Gasteiger charge is 2.15. The molecule has 8 heteroatoms. The quantitative estimate of drug-likeness (QED) is 0.586. The minimum absolute atomic E-state index is 0.237. The standard InChI is InChI=1S/C22H20ClN3O4/c1-3-24-21(28)14-5-4-6-17(10-14)26-20(27)12-30-22(29)18-11-15-9-16(23)7-8-19(15)25-13(18)2/h4-11H,3,12H2,1-2H3,(H,24,28)(H,26,27). The van der Waals surface area contributed by atoms with E-state index in [-0.39, 0.29) is 11.5 Å². The van der Waals surface area contributed by atoms with Crippen LogP contribution >= 0.6 is 11.6 Å². The van der Waals surface area contributed by atoms with Gasteiger partial charge in [-0.15, -0.1) is 0 Å². The molecule has 7 nitrogen and oxygen atoms in total. The van der Waals surface area contributed by atoms with E-state index >= 15 is 0 Å². The molecule has 3 rings (SSSR count). The Morgan fingerprint density at radius 2 is 1.90 bits per heavy atom. The molecule has 2 N–H and O–H groups in total. The van der Waals surface area contributed by atoms with Crippen LogP contribution in [-0.2, 0) is 9.53 Å². The summed E-state index contributed by atoms with van der Waals surface area (Å²) in [6.07, 6.45) is 0. The van der Waals surface area contributed by atoms with Gasteiger partial charge in [-0.2, -0.15) is 0 Å². The van der Waals surface area contributed by atoms with E-state index in [2.05, 4.69) is 15.6 Å². The smallest absolute Gasteiger partial charge is 0.340 e. The molecule has 0 spiro atoms. The van der Waals surface area contributed by atoms with E-state index < -0.39 is 18.5 Å². The van der Waals surface area contributed by atoms with Crippen LogP contribution in [0.1, 0.15) is 33.3 Å². The van der Waals surface area contributed by atoms with Crippen LogP contribution in [0.4, 0.5) is 5.69 Å². The van der Waals surface area contributed by atoms with Gasteiger partial charge in [-0.25, -0.2) is 4.79 Å². The largest absolute Gasteiger partial charge is 0.452 e. The number of aryl methyl sites for hydroxylation is 1. The third-order valence-corrected chi connectivity index (χ3v) is 4.50. The van der Waals surface area contributed by atoms with Crippen molar-refractivity contribution >= 4 is 46.0 Å². The number of hydrogen-bond acceptors (Lipinski definition) is 5. The zero-order valence-electron chi connectivity index (χ0n) is 16.5. The number of hydrogen-bond donors (Lipinski definition) is 2. The summed E-state index contributed by atoms with van der Waals surface area (Å²) in [5, 5.41) is 6.53. The van der Waals surface area contributed by atoms with Gasteiger partial charge >= 0.3 is 5.97 Å². The summed E-state index contributed by atoms with van der Waals surface area (Å²) in [6, 6.07) is 13.3. The number of rotatable bonds is 6. The van der Waals surface area contributed by atoms with Crippen molar-refractivity contribution in [1.82, 2.24) is 10.3 Å². The van der Waals surface area contributed by atoms with E-state index in [1.165, 1.54) is 0 Å². The molecule has 0 atom stereocenters. The average molecular weight is 426 g/mol. The second-order valence-electron chi connectivity index (χ2n) is 6.52. The third-order valence-electron chi connectivity index (χ3n) is 4.27. The molecule has 154 valence electrons. The molecular weight excluding hydrogens is 406 g/mol. The number of amides is 2. The molecular formula is C22H20ClN3O4. The van der Waals surface area contributed by atoms with Crippen LogP contribution in [-0.4, -0.2) is 35.9 Å². The molecule has 0 saturated carbocycles. The Labute approximate surface area is 178 Å². The van der Waals surface area contributed by atoms with E-state index in [1.807, 2.05) is 6.92 Å². The molecule has 0 saturated heterocycles. The first-order chi connectivity index (χ1) is 14.4. The van der Waals surface area contributed by atoms with Gasteiger partial charge in [0, 0.05) is 28.2 Å². The normalized spacial score (nSPS) is 10.5. The molecule has 2 aromatic carbocycles. The Balaban J connectivity index is 1.64. The zero-order valence-corrected chi connectivity index (χ0v) is 17.2. The van der Waals surface area contributed by atoms with Crippen LogP contribution in [0, 0.1) is 6.92 Å². The summed E-state index contributed by atoms with van der Waals surface area (Å²) in [5.41, 5.74) is 2.31. The van der Waals surface area contributed by atoms with Crippen molar-refractivity contribution < 1.29 is 19.1 Å². The van der Waals surface area contributed by atoms with Crippen LogP contribution in [0.25, 0.3) is 10.9 Å². The van der Waals surface area contributed by atoms with Crippen molar-refractivity contribution in [1.29, 1.82) is 0 Å². The van der Waals surface area contributed by atoms with Crippen molar-refractivity contribution in [2.75, 3.05) is 18.5 Å². The van der Waals surface area contributed by atoms with Crippen molar-refractivity contribution in [2.45, 2.75) is 13.8 Å². The predicted octanol–water partition coefficient (Wildman–Crippen LogP) is 3.74. The van der Waals surface area contributed by atoms with Gasteiger partial charge in [0.2, 0.25) is 0 Å². The summed E-state index contributed by atoms with van der Waals surface area (Å²) in [6.45, 7) is 3.54. The number of esters is 1. The number of nitrogens with one attached hydrogen (secondary N) is 2. The maximum absolute atomic E-state index is 12.4. The Bertz CT molecular complexity index is 1130. The Morgan fingerprint density at radius 3 is 2.67 bits per heavy atom. The van der Waals surface area contributed by atoms with Crippen LogP contribution < -0.4 is 10.6 Å². The number of nitrogens with zero attached hydrogens (tertiary/aromatic N) is 1. The summed E-state index contributed by atoms with van der Waals surface area (Å²) in [4.78, 5) is 40.9. The fraction of sp³-hybridized carbons (Fsp3) is 0.182. The van der Waals surface area contributed by atoms with E-state index in [4.69, 9.17) is 16.3 Å². The van der Waals surface area contributed by atoms with Gasteiger partial charge in [0.05, 0.1) is 16.8 Å². The lowest BCUT2D eigenvalue weighted by atomic mass is 10.1. The maximum Gasteiger partial charge on any atom is 0.340 e. The molecule has 0 aliphatic heterocycles. The zero-order chi connectivity index (χ0) is 21.7. The summed E-state index contributed by atoms with van der Waals surface area (Å²) < 4.78 is 5.14. The van der Waals surface area contributed by atoms with Gasteiger partial charge in [-0.05, 0) is 56.3 Å². The molecule has 1 aromatic heterocycles. The van der Waals surface area contributed by atoms with Crippen LogP contribution in [0.5, 0.6) is 0 Å². The number of benzene rings is 2. The molecule has 0 aliphatic rings. The number of aromatic nitrogens is 1. The van der Waals surface area contributed by atoms with Crippen LogP contribution in [0.2, 0.25) is 5.02 Å². The first-order valence-electron chi connectivity index (χ1n) is 9.29. The molecule has 3 aromatic rings. The van der Waals surface area contributed by atoms with Gasteiger partial charge in [0.1, 0.15) is 0 Å². The second-order valence-corrected chi connectivity index (χ2v) is 6.96. The van der Waals surface area contributed by atoms with Crippen LogP contribution in [0.3, 0.4) is 0 Å². The molecule has 30 heavy (non-hydrogen) atoms. The van der Waals surface area contributed by atoms with E-state index in [0.717, 1.165) is 0 Å². The molecule has 0 aliphatic carbocycles. The lowest BCUT2D eigenvalue weighted by molar-refractivity contribution is -0.119. The lowest BCUT2D eigenvalue weighted by Gasteiger charge is -2.10. The highest BCUT2D eigenvalue weighted by atomic mass is 35.5. The SMILES string of the molecule is CCNC(=O)c1cccc(NC(=O)COC(=O)c2cc3cc(Cl)ccc3nc2C)c1. The van der Waals surface area contributed by atoms with E-state index in [9.17, 15) is 14.4 Å². The fourth-order valence-corrected chi connectivity index (χ4v) is 3.04. The number of anilines is 1. The minimum Gasteiger partial charge on any atom is -0.452 e. The third kappa shape index (κ3) is 5.12. The van der Waals surface area contributed by atoms with Gasteiger partial charge in [-0.3, -0.25) is 14.6 Å². The Hall–Kier alpha value is -3.45. The van der Waals surface area contributed by atoms with Crippen molar-refractivity contribution in [3.63, 3.8) is 0 Å². The van der Waals surface area contributed by atoms with Gasteiger partial charge in [0.15, 0.2) is 6.61 Å². The maximum atomic E-state index is 12.4. The molecule has 2 amide bonds. The highest BCUT2D eigenvalue weighted by Crippen LogP contribution is 2.21. The monoisotopic (exact) mass is 425 g/mol. The topological polar surface area (TPSA) is 97.4 Å².